The van der Waals surface area contributed by atoms with Crippen LogP contribution in [0.2, 0.25) is 0 Å². The van der Waals surface area contributed by atoms with Crippen molar-refractivity contribution in [3.8, 4) is 5.75 Å². The van der Waals surface area contributed by atoms with Crippen molar-refractivity contribution in [1.29, 1.82) is 0 Å². The number of ether oxygens (including phenoxy) is 1. The molecule has 0 heterocycles. The zero-order valence-electron chi connectivity index (χ0n) is 12.2. The van der Waals surface area contributed by atoms with E-state index >= 15 is 0 Å². The third-order valence-electron chi connectivity index (χ3n) is 3.25. The number of hydrogen-bond acceptors (Lipinski definition) is 2. The van der Waals surface area contributed by atoms with Crippen LogP contribution in [0.1, 0.15) is 21.5 Å². The van der Waals surface area contributed by atoms with Crippen molar-refractivity contribution in [1.82, 2.24) is 4.90 Å². The Morgan fingerprint density at radius 2 is 1.86 bits per heavy atom. The van der Waals surface area contributed by atoms with Crippen LogP contribution >= 0.6 is 11.6 Å². The van der Waals surface area contributed by atoms with Gasteiger partial charge in [0.05, 0.1) is 7.11 Å². The van der Waals surface area contributed by atoms with E-state index in [-0.39, 0.29) is 5.91 Å². The molecule has 1 amide bonds. The number of carbonyl (C=O) groups is 1. The van der Waals surface area contributed by atoms with E-state index in [0.717, 1.165) is 16.9 Å². The second kappa shape index (κ2) is 7.14. The van der Waals surface area contributed by atoms with E-state index in [0.29, 0.717) is 18.0 Å². The first-order valence-electron chi connectivity index (χ1n) is 6.67. The number of rotatable bonds is 5. The van der Waals surface area contributed by atoms with Gasteiger partial charge < -0.3 is 9.64 Å². The fourth-order valence-electron chi connectivity index (χ4n) is 2.08. The molecule has 0 aliphatic heterocycles. The molecule has 110 valence electrons. The number of nitrogens with zero attached hydrogens (tertiary/aromatic N) is 1. The van der Waals surface area contributed by atoms with Crippen molar-refractivity contribution >= 4 is 17.5 Å². The summed E-state index contributed by atoms with van der Waals surface area (Å²) in [6.07, 6.45) is 0. The van der Waals surface area contributed by atoms with Crippen LogP contribution in [-0.2, 0) is 12.4 Å². The second-order valence-electron chi connectivity index (χ2n) is 4.84. The molecule has 0 aliphatic rings. The lowest BCUT2D eigenvalue weighted by Crippen LogP contribution is -2.26. The summed E-state index contributed by atoms with van der Waals surface area (Å²) >= 11 is 5.80. The lowest BCUT2D eigenvalue weighted by Gasteiger charge is -2.18. The lowest BCUT2D eigenvalue weighted by atomic mass is 10.1. The average molecular weight is 304 g/mol. The maximum absolute atomic E-state index is 12.4. The minimum Gasteiger partial charge on any atom is -0.497 e. The summed E-state index contributed by atoms with van der Waals surface area (Å²) in [5, 5.41) is 0. The number of hydrogen-bond donors (Lipinski definition) is 0. The van der Waals surface area contributed by atoms with Gasteiger partial charge in [0.1, 0.15) is 5.75 Å². The summed E-state index contributed by atoms with van der Waals surface area (Å²) in [6, 6.07) is 15.1. The van der Waals surface area contributed by atoms with Gasteiger partial charge in [-0.15, -0.1) is 11.6 Å². The van der Waals surface area contributed by atoms with Crippen LogP contribution in [-0.4, -0.2) is 25.0 Å². The molecule has 0 fully saturated rings. The molecule has 0 spiro atoms. The molecule has 21 heavy (non-hydrogen) atoms. The Kier molecular flexibility index (Phi) is 5.23. The Morgan fingerprint density at radius 3 is 2.48 bits per heavy atom. The maximum Gasteiger partial charge on any atom is 0.253 e. The minimum absolute atomic E-state index is 0.0159. The Labute approximate surface area is 130 Å². The summed E-state index contributed by atoms with van der Waals surface area (Å²) in [5.41, 5.74) is 2.66. The molecule has 0 unspecified atom stereocenters. The van der Waals surface area contributed by atoms with Crippen LogP contribution in [0.15, 0.2) is 48.5 Å². The van der Waals surface area contributed by atoms with E-state index < -0.39 is 0 Å². The summed E-state index contributed by atoms with van der Waals surface area (Å²) in [5.74, 6) is 1.20. The van der Waals surface area contributed by atoms with Crippen LogP contribution in [0.5, 0.6) is 5.75 Å². The SMILES string of the molecule is COc1ccc(CN(C)C(=O)c2cccc(CCl)c2)cc1. The molecule has 0 aromatic heterocycles. The highest BCUT2D eigenvalue weighted by Crippen LogP contribution is 2.15. The highest BCUT2D eigenvalue weighted by Gasteiger charge is 2.12. The number of methoxy groups -OCH3 is 1. The standard InChI is InChI=1S/C17H18ClNO2/c1-19(12-13-6-8-16(21-2)9-7-13)17(20)15-5-3-4-14(10-15)11-18/h3-10H,11-12H2,1-2H3. The van der Waals surface area contributed by atoms with Crippen molar-refractivity contribution in [2.45, 2.75) is 12.4 Å². The summed E-state index contributed by atoms with van der Waals surface area (Å²) in [4.78, 5) is 14.1. The van der Waals surface area contributed by atoms with E-state index in [1.807, 2.05) is 48.5 Å². The van der Waals surface area contributed by atoms with Gasteiger partial charge in [0.15, 0.2) is 0 Å². The zero-order chi connectivity index (χ0) is 15.2. The molecule has 0 radical (unpaired) electrons. The van der Waals surface area contributed by atoms with E-state index in [1.54, 1.807) is 19.1 Å². The second-order valence-corrected chi connectivity index (χ2v) is 5.11. The Hall–Kier alpha value is -2.00. The predicted molar refractivity (Wildman–Crippen MR) is 84.8 cm³/mol. The van der Waals surface area contributed by atoms with Crippen molar-refractivity contribution in [3.63, 3.8) is 0 Å². The molecular weight excluding hydrogens is 286 g/mol. The van der Waals surface area contributed by atoms with E-state index in [2.05, 4.69) is 0 Å². The first kappa shape index (κ1) is 15.4. The molecular formula is C17H18ClNO2. The molecule has 0 N–H and O–H groups in total. The van der Waals surface area contributed by atoms with Gasteiger partial charge in [0.2, 0.25) is 0 Å². The minimum atomic E-state index is -0.0159. The predicted octanol–water partition coefficient (Wildman–Crippen LogP) is 3.71. The first-order chi connectivity index (χ1) is 10.1. The lowest BCUT2D eigenvalue weighted by molar-refractivity contribution is 0.0785. The molecule has 3 nitrogen and oxygen atoms in total. The molecule has 4 heteroatoms. The Morgan fingerprint density at radius 1 is 1.14 bits per heavy atom. The largest absolute Gasteiger partial charge is 0.497 e. The summed E-state index contributed by atoms with van der Waals surface area (Å²) < 4.78 is 5.12. The van der Waals surface area contributed by atoms with Gasteiger partial charge in [-0.3, -0.25) is 4.79 Å². The average Bonchev–Trinajstić information content (AvgIpc) is 2.54. The van der Waals surface area contributed by atoms with Crippen molar-refractivity contribution in [2.75, 3.05) is 14.2 Å². The molecule has 0 saturated carbocycles. The Bertz CT molecular complexity index is 610. The number of carbonyl (C=O) groups excluding carboxylic acids is 1. The monoisotopic (exact) mass is 303 g/mol. The zero-order valence-corrected chi connectivity index (χ0v) is 12.9. The van der Waals surface area contributed by atoms with E-state index in [1.165, 1.54) is 0 Å². The molecule has 0 atom stereocenters. The van der Waals surface area contributed by atoms with Crippen molar-refractivity contribution in [3.05, 3.63) is 65.2 Å². The molecule has 2 aromatic carbocycles. The first-order valence-corrected chi connectivity index (χ1v) is 7.21. The van der Waals surface area contributed by atoms with Gasteiger partial charge >= 0.3 is 0 Å². The smallest absolute Gasteiger partial charge is 0.253 e. The van der Waals surface area contributed by atoms with Gasteiger partial charge in [-0.25, -0.2) is 0 Å². The molecule has 0 saturated heterocycles. The fourth-order valence-corrected chi connectivity index (χ4v) is 2.25. The van der Waals surface area contributed by atoms with Crippen LogP contribution in [0.25, 0.3) is 0 Å². The number of benzene rings is 2. The third kappa shape index (κ3) is 3.99. The highest BCUT2D eigenvalue weighted by atomic mass is 35.5. The van der Waals surface area contributed by atoms with Gasteiger partial charge in [-0.2, -0.15) is 0 Å². The molecule has 2 aromatic rings. The van der Waals surface area contributed by atoms with E-state index in [4.69, 9.17) is 16.3 Å². The van der Waals surface area contributed by atoms with Crippen LogP contribution in [0.4, 0.5) is 0 Å². The summed E-state index contributed by atoms with van der Waals surface area (Å²) in [6.45, 7) is 0.550. The summed E-state index contributed by atoms with van der Waals surface area (Å²) in [7, 11) is 3.43. The van der Waals surface area contributed by atoms with E-state index in [9.17, 15) is 4.79 Å². The van der Waals surface area contributed by atoms with Crippen LogP contribution in [0.3, 0.4) is 0 Å². The fraction of sp³-hybridized carbons (Fsp3) is 0.235. The third-order valence-corrected chi connectivity index (χ3v) is 3.56. The number of alkyl halides is 1. The quantitative estimate of drug-likeness (QED) is 0.788. The molecule has 0 bridgehead atoms. The normalized spacial score (nSPS) is 10.2. The molecule has 0 aliphatic carbocycles. The highest BCUT2D eigenvalue weighted by molar-refractivity contribution is 6.17. The number of amides is 1. The number of halogens is 1. The van der Waals surface area contributed by atoms with Gasteiger partial charge in [0, 0.05) is 25.0 Å². The van der Waals surface area contributed by atoms with Crippen molar-refractivity contribution < 1.29 is 9.53 Å². The van der Waals surface area contributed by atoms with Crippen LogP contribution in [0, 0.1) is 0 Å². The van der Waals surface area contributed by atoms with Gasteiger partial charge in [-0.1, -0.05) is 24.3 Å². The maximum atomic E-state index is 12.4. The topological polar surface area (TPSA) is 29.5 Å². The van der Waals surface area contributed by atoms with Gasteiger partial charge in [-0.05, 0) is 35.4 Å². The van der Waals surface area contributed by atoms with Crippen LogP contribution < -0.4 is 4.74 Å². The molecule has 2 rings (SSSR count). The Balaban J connectivity index is 2.07. The van der Waals surface area contributed by atoms with Crippen molar-refractivity contribution in [2.24, 2.45) is 0 Å². The van der Waals surface area contributed by atoms with Gasteiger partial charge in [0.25, 0.3) is 5.91 Å².